The van der Waals surface area contributed by atoms with Crippen LogP contribution in [-0.2, 0) is 9.53 Å². The lowest BCUT2D eigenvalue weighted by Crippen LogP contribution is -2.50. The maximum absolute atomic E-state index is 12.7. The van der Waals surface area contributed by atoms with Gasteiger partial charge in [-0.15, -0.1) is 0 Å². The number of amides is 1. The number of esters is 1. The Kier molecular flexibility index (Phi) is 7.98. The van der Waals surface area contributed by atoms with Crippen molar-refractivity contribution in [2.24, 2.45) is 5.92 Å². The summed E-state index contributed by atoms with van der Waals surface area (Å²) < 4.78 is 5.76. The second-order valence-corrected chi connectivity index (χ2v) is 8.67. The molecule has 0 radical (unpaired) electrons. The molecule has 2 aliphatic rings. The Hall–Kier alpha value is -2.26. The molecule has 0 unspecified atom stereocenters. The number of ether oxygens (including phenoxy) is 1. The van der Waals surface area contributed by atoms with Gasteiger partial charge in [0.25, 0.3) is 5.91 Å². The standard InChI is InChI=1S/C21H33N5O4/c1-14(2)11-18(20(28)30-17-5-3-4-6-17)24-16-7-9-26(10-8-16)21-22-12-15(13-23-21)19(27)25-29/h12-14,16-18,24,29H,3-11H2,1-2H3,(H,25,27)/t18-/m0/s1. The van der Waals surface area contributed by atoms with Crippen molar-refractivity contribution in [2.75, 3.05) is 18.0 Å². The van der Waals surface area contributed by atoms with E-state index in [4.69, 9.17) is 9.94 Å². The molecule has 3 rings (SSSR count). The first-order valence-corrected chi connectivity index (χ1v) is 10.9. The van der Waals surface area contributed by atoms with E-state index in [2.05, 4.69) is 34.0 Å². The van der Waals surface area contributed by atoms with Crippen molar-refractivity contribution in [3.63, 3.8) is 0 Å². The van der Waals surface area contributed by atoms with Gasteiger partial charge < -0.3 is 15.0 Å². The molecule has 0 aromatic carbocycles. The molecule has 3 N–H and O–H groups in total. The van der Waals surface area contributed by atoms with Crippen LogP contribution in [0.3, 0.4) is 0 Å². The van der Waals surface area contributed by atoms with Crippen molar-refractivity contribution >= 4 is 17.8 Å². The number of rotatable bonds is 8. The van der Waals surface area contributed by atoms with E-state index in [1.165, 1.54) is 12.4 Å². The molecule has 1 aromatic heterocycles. The first-order chi connectivity index (χ1) is 14.5. The summed E-state index contributed by atoms with van der Waals surface area (Å²) in [5.41, 5.74) is 1.77. The van der Waals surface area contributed by atoms with E-state index in [9.17, 15) is 9.59 Å². The zero-order valence-corrected chi connectivity index (χ0v) is 17.8. The van der Waals surface area contributed by atoms with E-state index < -0.39 is 5.91 Å². The highest BCUT2D eigenvalue weighted by Gasteiger charge is 2.30. The molecule has 1 saturated carbocycles. The van der Waals surface area contributed by atoms with Crippen molar-refractivity contribution in [3.8, 4) is 0 Å². The average Bonchev–Trinajstić information content (AvgIpc) is 3.26. The van der Waals surface area contributed by atoms with Crippen LogP contribution in [0.2, 0.25) is 0 Å². The average molecular weight is 420 g/mol. The molecular weight excluding hydrogens is 386 g/mol. The molecular formula is C21H33N5O4. The highest BCUT2D eigenvalue weighted by molar-refractivity contribution is 5.92. The van der Waals surface area contributed by atoms with Crippen LogP contribution >= 0.6 is 0 Å². The van der Waals surface area contributed by atoms with Gasteiger partial charge in [0.15, 0.2) is 0 Å². The third kappa shape index (κ3) is 6.12. The predicted molar refractivity (Wildman–Crippen MR) is 111 cm³/mol. The number of carbonyl (C=O) groups excluding carboxylic acids is 2. The van der Waals surface area contributed by atoms with Gasteiger partial charge in [0.05, 0.1) is 5.56 Å². The Morgan fingerprint density at radius 3 is 2.37 bits per heavy atom. The SMILES string of the molecule is CC(C)C[C@H](NC1CCN(c2ncc(C(=O)NO)cn2)CC1)C(=O)OC1CCCC1. The van der Waals surface area contributed by atoms with Gasteiger partial charge in [0.2, 0.25) is 5.95 Å². The van der Waals surface area contributed by atoms with Gasteiger partial charge >= 0.3 is 5.97 Å². The fourth-order valence-corrected chi connectivity index (χ4v) is 4.15. The summed E-state index contributed by atoms with van der Waals surface area (Å²) in [6.07, 6.45) is 9.65. The Bertz CT molecular complexity index is 698. The first kappa shape index (κ1) is 22.4. The van der Waals surface area contributed by atoms with Crippen LogP contribution in [0, 0.1) is 5.92 Å². The summed E-state index contributed by atoms with van der Waals surface area (Å²) in [5, 5.41) is 12.2. The maximum Gasteiger partial charge on any atom is 0.323 e. The molecule has 166 valence electrons. The van der Waals surface area contributed by atoms with E-state index >= 15 is 0 Å². The summed E-state index contributed by atoms with van der Waals surface area (Å²) in [4.78, 5) is 34.7. The van der Waals surface area contributed by atoms with E-state index in [1.54, 1.807) is 5.48 Å². The summed E-state index contributed by atoms with van der Waals surface area (Å²) in [5.74, 6) is 0.216. The van der Waals surface area contributed by atoms with Crippen LogP contribution < -0.4 is 15.7 Å². The van der Waals surface area contributed by atoms with E-state index in [-0.39, 0.29) is 29.7 Å². The Balaban J connectivity index is 1.51. The van der Waals surface area contributed by atoms with Crippen molar-refractivity contribution in [3.05, 3.63) is 18.0 Å². The summed E-state index contributed by atoms with van der Waals surface area (Å²) in [6, 6.07) is -0.0322. The molecule has 1 amide bonds. The van der Waals surface area contributed by atoms with Crippen molar-refractivity contribution in [1.29, 1.82) is 0 Å². The molecule has 2 heterocycles. The molecule has 1 saturated heterocycles. The van der Waals surface area contributed by atoms with Crippen LogP contribution in [0.1, 0.15) is 69.2 Å². The normalized spacial score (nSPS) is 19.1. The van der Waals surface area contributed by atoms with E-state index in [1.807, 2.05) is 0 Å². The lowest BCUT2D eigenvalue weighted by molar-refractivity contribution is -0.152. The molecule has 9 nitrogen and oxygen atoms in total. The lowest BCUT2D eigenvalue weighted by Gasteiger charge is -2.34. The van der Waals surface area contributed by atoms with Crippen LogP contribution in [0.25, 0.3) is 0 Å². The molecule has 1 atom stereocenters. The minimum absolute atomic E-state index is 0.0869. The molecule has 0 spiro atoms. The monoisotopic (exact) mass is 419 g/mol. The van der Waals surface area contributed by atoms with Gasteiger partial charge in [0, 0.05) is 31.5 Å². The van der Waals surface area contributed by atoms with Gasteiger partial charge in [-0.3, -0.25) is 14.8 Å². The highest BCUT2D eigenvalue weighted by atomic mass is 16.5. The minimum Gasteiger partial charge on any atom is -0.461 e. The Morgan fingerprint density at radius 1 is 1.17 bits per heavy atom. The molecule has 9 heteroatoms. The third-order valence-corrected chi connectivity index (χ3v) is 5.79. The second-order valence-electron chi connectivity index (χ2n) is 8.67. The van der Waals surface area contributed by atoms with Gasteiger partial charge in [-0.25, -0.2) is 15.4 Å². The number of hydroxylamine groups is 1. The Labute approximate surface area is 177 Å². The van der Waals surface area contributed by atoms with Gasteiger partial charge in [-0.2, -0.15) is 0 Å². The largest absolute Gasteiger partial charge is 0.461 e. The fourth-order valence-electron chi connectivity index (χ4n) is 4.15. The molecule has 30 heavy (non-hydrogen) atoms. The topological polar surface area (TPSA) is 117 Å². The number of nitrogens with one attached hydrogen (secondary N) is 2. The number of hydrogen-bond donors (Lipinski definition) is 3. The number of hydrogen-bond acceptors (Lipinski definition) is 8. The lowest BCUT2D eigenvalue weighted by atomic mass is 9.99. The fraction of sp³-hybridized carbons (Fsp3) is 0.714. The van der Waals surface area contributed by atoms with Crippen LogP contribution in [0.5, 0.6) is 0 Å². The van der Waals surface area contributed by atoms with Crippen LogP contribution in [-0.4, -0.2) is 58.3 Å². The number of carbonyl (C=O) groups is 2. The van der Waals surface area contributed by atoms with Crippen LogP contribution in [0.15, 0.2) is 12.4 Å². The molecule has 1 aliphatic heterocycles. The number of anilines is 1. The third-order valence-electron chi connectivity index (χ3n) is 5.79. The van der Waals surface area contributed by atoms with Crippen molar-refractivity contribution in [1.82, 2.24) is 20.8 Å². The Morgan fingerprint density at radius 2 is 1.80 bits per heavy atom. The molecule has 1 aromatic rings. The molecule has 1 aliphatic carbocycles. The quantitative estimate of drug-likeness (QED) is 0.333. The summed E-state index contributed by atoms with van der Waals surface area (Å²) >= 11 is 0. The first-order valence-electron chi connectivity index (χ1n) is 10.9. The number of nitrogens with zero attached hydrogens (tertiary/aromatic N) is 3. The minimum atomic E-state index is -0.634. The summed E-state index contributed by atoms with van der Waals surface area (Å²) in [6.45, 7) is 5.76. The van der Waals surface area contributed by atoms with Gasteiger partial charge in [-0.05, 0) is 50.9 Å². The predicted octanol–water partition coefficient (Wildman–Crippen LogP) is 2.05. The number of piperidine rings is 1. The van der Waals surface area contributed by atoms with Crippen LogP contribution in [0.4, 0.5) is 5.95 Å². The second kappa shape index (κ2) is 10.7. The highest BCUT2D eigenvalue weighted by Crippen LogP contribution is 2.23. The molecule has 2 fully saturated rings. The number of aromatic nitrogens is 2. The molecule has 0 bridgehead atoms. The van der Waals surface area contributed by atoms with E-state index in [0.29, 0.717) is 11.9 Å². The van der Waals surface area contributed by atoms with Crippen molar-refractivity contribution in [2.45, 2.75) is 77.0 Å². The smallest absolute Gasteiger partial charge is 0.323 e. The van der Waals surface area contributed by atoms with E-state index in [0.717, 1.165) is 58.0 Å². The zero-order chi connectivity index (χ0) is 21.5. The summed E-state index contributed by atoms with van der Waals surface area (Å²) in [7, 11) is 0. The van der Waals surface area contributed by atoms with Gasteiger partial charge in [0.1, 0.15) is 12.1 Å². The van der Waals surface area contributed by atoms with Gasteiger partial charge in [-0.1, -0.05) is 13.8 Å². The maximum atomic E-state index is 12.7. The van der Waals surface area contributed by atoms with Crippen molar-refractivity contribution < 1.29 is 19.5 Å². The zero-order valence-electron chi connectivity index (χ0n) is 17.8.